The Balaban J connectivity index is 1.47. The molecule has 48 heavy (non-hydrogen) atoms. The fraction of sp³-hybridized carbons (Fsp3) is 0.0455. The van der Waals surface area contributed by atoms with Gasteiger partial charge in [0, 0.05) is 45.3 Å². The van der Waals surface area contributed by atoms with Crippen molar-refractivity contribution in [2.45, 2.75) is 13.8 Å². The maximum atomic E-state index is 4.88. The maximum Gasteiger partial charge on any atom is 0.137 e. The number of benzene rings is 7. The first kappa shape index (κ1) is 28.0. The molecule has 2 heterocycles. The summed E-state index contributed by atoms with van der Waals surface area (Å²) in [5.41, 5.74) is 6.81. The van der Waals surface area contributed by atoms with Gasteiger partial charge in [0.2, 0.25) is 0 Å². The number of aryl methyl sites for hydroxylation is 2. The van der Waals surface area contributed by atoms with E-state index in [1.54, 1.807) is 0 Å². The van der Waals surface area contributed by atoms with Crippen LogP contribution in [0.1, 0.15) is 11.1 Å². The molecule has 0 spiro atoms. The molecule has 2 aromatic heterocycles. The summed E-state index contributed by atoms with van der Waals surface area (Å²) in [6.07, 6.45) is 3.74. The number of fused-ring (bicyclic) bond motifs is 3. The zero-order chi connectivity index (χ0) is 32.2. The molecular weight excluding hydrogens is 585 g/mol. The molecule has 9 aromatic rings. The Hall–Kier alpha value is -6.26. The molecule has 9 rings (SSSR count). The second-order valence-electron chi connectivity index (χ2n) is 12.3. The summed E-state index contributed by atoms with van der Waals surface area (Å²) >= 11 is 0. The molecule has 0 aliphatic heterocycles. The van der Waals surface area contributed by atoms with Crippen molar-refractivity contribution in [3.05, 3.63) is 169 Å². The normalized spacial score (nSPS) is 11.5. The van der Waals surface area contributed by atoms with E-state index < -0.39 is 0 Å². The van der Waals surface area contributed by atoms with Crippen LogP contribution in [0.25, 0.3) is 43.1 Å². The van der Waals surface area contributed by atoms with E-state index in [2.05, 4.69) is 157 Å². The summed E-state index contributed by atoms with van der Waals surface area (Å²) in [5.74, 6) is 1.76. The van der Waals surface area contributed by atoms with Crippen LogP contribution >= 0.6 is 0 Å². The van der Waals surface area contributed by atoms with Gasteiger partial charge in [-0.25, -0.2) is 9.97 Å². The highest BCUT2D eigenvalue weighted by Gasteiger charge is 2.26. The van der Waals surface area contributed by atoms with Gasteiger partial charge < -0.3 is 0 Å². The maximum absolute atomic E-state index is 4.88. The van der Waals surface area contributed by atoms with Crippen molar-refractivity contribution in [2.24, 2.45) is 0 Å². The Morgan fingerprint density at radius 1 is 0.375 bits per heavy atom. The highest BCUT2D eigenvalue weighted by atomic mass is 15.2. The summed E-state index contributed by atoms with van der Waals surface area (Å²) in [6, 6.07) is 51.6. The largest absolute Gasteiger partial charge is 0.294 e. The van der Waals surface area contributed by atoms with E-state index in [4.69, 9.17) is 9.97 Å². The van der Waals surface area contributed by atoms with Gasteiger partial charge in [0.25, 0.3) is 0 Å². The Morgan fingerprint density at radius 2 is 0.854 bits per heavy atom. The molecule has 0 saturated carbocycles. The van der Waals surface area contributed by atoms with Crippen LogP contribution < -0.4 is 9.80 Å². The molecular formula is C44H32N4. The molecule has 4 heteroatoms. The van der Waals surface area contributed by atoms with Gasteiger partial charge in [-0.2, -0.15) is 0 Å². The van der Waals surface area contributed by atoms with Gasteiger partial charge in [-0.15, -0.1) is 0 Å². The molecule has 0 N–H and O–H groups in total. The molecule has 0 aliphatic carbocycles. The van der Waals surface area contributed by atoms with Crippen LogP contribution in [-0.4, -0.2) is 9.97 Å². The predicted molar refractivity (Wildman–Crippen MR) is 202 cm³/mol. The summed E-state index contributed by atoms with van der Waals surface area (Å²) < 4.78 is 0. The molecule has 4 nitrogen and oxygen atoms in total. The van der Waals surface area contributed by atoms with E-state index >= 15 is 0 Å². The molecule has 0 atom stereocenters. The highest BCUT2D eigenvalue weighted by Crippen LogP contribution is 2.51. The number of anilines is 6. The van der Waals surface area contributed by atoms with Crippen molar-refractivity contribution in [3.8, 4) is 0 Å². The van der Waals surface area contributed by atoms with Gasteiger partial charge in [0.05, 0.1) is 11.4 Å². The lowest BCUT2D eigenvalue weighted by Crippen LogP contribution is -2.13. The highest BCUT2D eigenvalue weighted by molar-refractivity contribution is 6.38. The first-order valence-electron chi connectivity index (χ1n) is 16.3. The number of pyridine rings is 2. The second kappa shape index (κ2) is 11.2. The molecule has 0 bridgehead atoms. The van der Waals surface area contributed by atoms with Gasteiger partial charge in [0.15, 0.2) is 0 Å². The van der Waals surface area contributed by atoms with Gasteiger partial charge >= 0.3 is 0 Å². The lowest BCUT2D eigenvalue weighted by atomic mass is 9.84. The molecule has 0 amide bonds. The van der Waals surface area contributed by atoms with Crippen molar-refractivity contribution >= 4 is 77.5 Å². The van der Waals surface area contributed by atoms with Crippen LogP contribution in [0.5, 0.6) is 0 Å². The van der Waals surface area contributed by atoms with Gasteiger partial charge in [-0.3, -0.25) is 9.80 Å². The van der Waals surface area contributed by atoms with Crippen molar-refractivity contribution in [3.63, 3.8) is 0 Å². The van der Waals surface area contributed by atoms with E-state index in [9.17, 15) is 0 Å². The number of nitrogens with zero attached hydrogens (tertiary/aromatic N) is 4. The quantitative estimate of drug-likeness (QED) is 0.137. The Kier molecular flexibility index (Phi) is 6.54. The summed E-state index contributed by atoms with van der Waals surface area (Å²) in [6.45, 7) is 4.48. The number of rotatable bonds is 6. The lowest BCUT2D eigenvalue weighted by molar-refractivity contribution is 1.18. The monoisotopic (exact) mass is 616 g/mol. The second-order valence-corrected chi connectivity index (χ2v) is 12.3. The number of hydrogen-bond acceptors (Lipinski definition) is 4. The van der Waals surface area contributed by atoms with E-state index in [1.165, 1.54) is 54.2 Å². The third kappa shape index (κ3) is 4.30. The van der Waals surface area contributed by atoms with E-state index in [-0.39, 0.29) is 0 Å². The van der Waals surface area contributed by atoms with E-state index in [1.807, 2.05) is 24.5 Å². The van der Waals surface area contributed by atoms with Gasteiger partial charge in [-0.1, -0.05) is 84.9 Å². The first-order valence-corrected chi connectivity index (χ1v) is 16.3. The average Bonchev–Trinajstić information content (AvgIpc) is 3.14. The summed E-state index contributed by atoms with van der Waals surface area (Å²) in [7, 11) is 0. The van der Waals surface area contributed by atoms with Crippen molar-refractivity contribution in [2.75, 3.05) is 9.80 Å². The SMILES string of the molecule is Cc1cc(N(c2ccccc2)c2ccccn2)c2c3ccccc3c3c(C)cc(N(c4ccccc4)c4ccccn4)c4ccc1c2c43. The fourth-order valence-corrected chi connectivity index (χ4v) is 7.52. The minimum Gasteiger partial charge on any atom is -0.294 e. The van der Waals surface area contributed by atoms with Crippen molar-refractivity contribution in [1.82, 2.24) is 9.97 Å². The smallest absolute Gasteiger partial charge is 0.137 e. The zero-order valence-electron chi connectivity index (χ0n) is 26.8. The average molecular weight is 617 g/mol. The van der Waals surface area contributed by atoms with Crippen molar-refractivity contribution in [1.29, 1.82) is 0 Å². The Bertz CT molecular complexity index is 2490. The third-order valence-corrected chi connectivity index (χ3v) is 9.50. The molecule has 0 saturated heterocycles. The van der Waals surface area contributed by atoms with Crippen LogP contribution in [0, 0.1) is 13.8 Å². The predicted octanol–water partition coefficient (Wildman–Crippen LogP) is 12.1. The lowest BCUT2D eigenvalue weighted by Gasteiger charge is -2.30. The Labute approximate surface area is 279 Å². The molecule has 0 fully saturated rings. The number of para-hydroxylation sites is 2. The van der Waals surface area contributed by atoms with Gasteiger partial charge in [-0.05, 0) is 107 Å². The molecule has 0 aliphatic rings. The van der Waals surface area contributed by atoms with E-state index in [0.29, 0.717) is 0 Å². The Morgan fingerprint density at radius 3 is 1.44 bits per heavy atom. The first-order chi connectivity index (χ1) is 23.7. The molecule has 0 radical (unpaired) electrons. The topological polar surface area (TPSA) is 32.3 Å². The van der Waals surface area contributed by atoms with Crippen LogP contribution in [-0.2, 0) is 0 Å². The third-order valence-electron chi connectivity index (χ3n) is 9.50. The fourth-order valence-electron chi connectivity index (χ4n) is 7.52. The van der Waals surface area contributed by atoms with Crippen LogP contribution in [0.4, 0.5) is 34.4 Å². The van der Waals surface area contributed by atoms with Crippen LogP contribution in [0.2, 0.25) is 0 Å². The minimum atomic E-state index is 0.879. The molecule has 228 valence electrons. The zero-order valence-corrected chi connectivity index (χ0v) is 26.8. The summed E-state index contributed by atoms with van der Waals surface area (Å²) in [4.78, 5) is 14.3. The standard InChI is InChI=1S/C44H32N4/c1-29-27-38(48(32-17-7-4-8-18-32)40-22-12-14-26-46-40)42-35-20-10-9-19-34(35)41-30(2)28-37(36-24-23-33(29)43(42)44(36)41)47(31-15-5-3-6-16-31)39-21-11-13-25-45-39/h3-28H,1-2H3. The number of aromatic nitrogens is 2. The summed E-state index contributed by atoms with van der Waals surface area (Å²) in [5, 5.41) is 9.97. The van der Waals surface area contributed by atoms with Crippen LogP contribution in [0.3, 0.4) is 0 Å². The molecule has 7 aromatic carbocycles. The van der Waals surface area contributed by atoms with Crippen LogP contribution in [0.15, 0.2) is 158 Å². The minimum absolute atomic E-state index is 0.879. The number of hydrogen-bond donors (Lipinski definition) is 0. The van der Waals surface area contributed by atoms with E-state index in [0.717, 1.165) is 34.4 Å². The van der Waals surface area contributed by atoms with Crippen molar-refractivity contribution < 1.29 is 0 Å². The van der Waals surface area contributed by atoms with Gasteiger partial charge in [0.1, 0.15) is 11.6 Å². The molecule has 0 unspecified atom stereocenters.